The molecule has 0 fully saturated rings. The van der Waals surface area contributed by atoms with Gasteiger partial charge in [-0.1, -0.05) is 49.4 Å². The van der Waals surface area contributed by atoms with Crippen molar-refractivity contribution in [3.8, 4) is 45.3 Å². The molecule has 0 atom stereocenters. The average Bonchev–Trinajstić information content (AvgIpc) is 2.96. The maximum absolute atomic E-state index is 12.0. The lowest BCUT2D eigenvalue weighted by atomic mass is 9.96. The van der Waals surface area contributed by atoms with Gasteiger partial charge in [0, 0.05) is 29.3 Å². The second-order valence-corrected chi connectivity index (χ2v) is 11.5. The smallest absolute Gasteiger partial charge is 0.175 e. The molecule has 0 aliphatic carbocycles. The molecule has 0 amide bonds. The van der Waals surface area contributed by atoms with Crippen molar-refractivity contribution in [3.05, 3.63) is 103 Å². The van der Waals surface area contributed by atoms with Gasteiger partial charge in [0.2, 0.25) is 0 Å². The molecule has 2 N–H and O–H groups in total. The van der Waals surface area contributed by atoms with Gasteiger partial charge in [-0.25, -0.2) is 8.42 Å². The first kappa shape index (κ1) is 27.2. The first-order chi connectivity index (χ1) is 19.3. The summed E-state index contributed by atoms with van der Waals surface area (Å²) in [4.78, 5) is 0.261. The standard InChI is InChI=1S/C33H31NO5S/c1-3-34-20-21-38-26-12-14-27(15-13-26)39-33-30(23-8-16-28(17-9-23)40(2,36)37)18-11-25-22-24(10-19-31(25)33)29-6-4-5-7-32(29)35/h4-19,22,34-35H,3,20-21H2,1-2H3. The summed E-state index contributed by atoms with van der Waals surface area (Å²) in [6, 6.07) is 31.5. The van der Waals surface area contributed by atoms with Crippen LogP contribution < -0.4 is 14.8 Å². The van der Waals surface area contributed by atoms with Crippen molar-refractivity contribution in [2.24, 2.45) is 0 Å². The van der Waals surface area contributed by atoms with Gasteiger partial charge in [-0.05, 0) is 83.7 Å². The topological polar surface area (TPSA) is 84.9 Å². The van der Waals surface area contributed by atoms with Gasteiger partial charge < -0.3 is 19.9 Å². The number of rotatable bonds is 10. The van der Waals surface area contributed by atoms with Gasteiger partial charge in [0.05, 0.1) is 4.90 Å². The van der Waals surface area contributed by atoms with Crippen LogP contribution in [0.15, 0.2) is 108 Å². The zero-order chi connectivity index (χ0) is 28.1. The number of benzene rings is 5. The second kappa shape index (κ2) is 11.8. The number of phenols is 1. The number of aromatic hydroxyl groups is 1. The van der Waals surface area contributed by atoms with E-state index < -0.39 is 9.84 Å². The van der Waals surface area contributed by atoms with E-state index in [0.29, 0.717) is 18.1 Å². The number of nitrogens with one attached hydrogen (secondary N) is 1. The quantitative estimate of drug-likeness (QED) is 0.180. The second-order valence-electron chi connectivity index (χ2n) is 9.47. The highest BCUT2D eigenvalue weighted by Gasteiger charge is 2.15. The van der Waals surface area contributed by atoms with Crippen LogP contribution >= 0.6 is 0 Å². The van der Waals surface area contributed by atoms with Crippen molar-refractivity contribution in [2.45, 2.75) is 11.8 Å². The van der Waals surface area contributed by atoms with Crippen LogP contribution in [0.1, 0.15) is 6.92 Å². The molecule has 0 radical (unpaired) electrons. The molecule has 0 saturated carbocycles. The lowest BCUT2D eigenvalue weighted by Gasteiger charge is -2.16. The van der Waals surface area contributed by atoms with E-state index in [4.69, 9.17) is 9.47 Å². The molecule has 0 aliphatic heterocycles. The summed E-state index contributed by atoms with van der Waals surface area (Å²) in [5.74, 6) is 2.26. The number of likely N-dealkylation sites (N-methyl/N-ethyl adjacent to an activating group) is 1. The molecular weight excluding hydrogens is 522 g/mol. The number of hydrogen-bond acceptors (Lipinski definition) is 6. The van der Waals surface area contributed by atoms with Crippen LogP contribution in [-0.2, 0) is 9.84 Å². The lowest BCUT2D eigenvalue weighted by Crippen LogP contribution is -2.20. The Balaban J connectivity index is 1.55. The summed E-state index contributed by atoms with van der Waals surface area (Å²) in [6.07, 6.45) is 1.20. The van der Waals surface area contributed by atoms with Gasteiger partial charge in [-0.2, -0.15) is 0 Å². The molecule has 0 unspecified atom stereocenters. The first-order valence-electron chi connectivity index (χ1n) is 13.1. The molecule has 40 heavy (non-hydrogen) atoms. The molecule has 7 heteroatoms. The molecule has 5 aromatic carbocycles. The minimum absolute atomic E-state index is 0.216. The number of para-hydroxylation sites is 1. The van der Waals surface area contributed by atoms with Crippen molar-refractivity contribution >= 4 is 20.6 Å². The minimum Gasteiger partial charge on any atom is -0.507 e. The summed E-state index contributed by atoms with van der Waals surface area (Å²) in [5.41, 5.74) is 3.30. The highest BCUT2D eigenvalue weighted by Crippen LogP contribution is 2.42. The lowest BCUT2D eigenvalue weighted by molar-refractivity contribution is 0.315. The van der Waals surface area contributed by atoms with Crippen molar-refractivity contribution < 1.29 is 23.0 Å². The molecule has 0 heterocycles. The Hall–Kier alpha value is -4.33. The minimum atomic E-state index is -3.31. The summed E-state index contributed by atoms with van der Waals surface area (Å²) >= 11 is 0. The Morgan fingerprint density at radius 3 is 2.17 bits per heavy atom. The van der Waals surface area contributed by atoms with E-state index in [1.54, 1.807) is 36.4 Å². The Morgan fingerprint density at radius 1 is 0.775 bits per heavy atom. The maximum atomic E-state index is 12.0. The van der Waals surface area contributed by atoms with Gasteiger partial charge >= 0.3 is 0 Å². The molecule has 5 aromatic rings. The van der Waals surface area contributed by atoms with Gasteiger partial charge in [0.15, 0.2) is 9.84 Å². The van der Waals surface area contributed by atoms with Crippen molar-refractivity contribution in [1.29, 1.82) is 0 Å². The zero-order valence-corrected chi connectivity index (χ0v) is 23.2. The molecule has 5 rings (SSSR count). The number of hydrogen-bond donors (Lipinski definition) is 2. The van der Waals surface area contributed by atoms with Crippen LogP contribution in [0.3, 0.4) is 0 Å². The Bertz CT molecular complexity index is 1730. The summed E-state index contributed by atoms with van der Waals surface area (Å²) in [5, 5.41) is 15.4. The molecule has 0 aliphatic rings. The van der Waals surface area contributed by atoms with Gasteiger partial charge in [-0.3, -0.25) is 0 Å². The Labute approximate surface area is 234 Å². The van der Waals surface area contributed by atoms with Crippen LogP contribution in [0, 0.1) is 0 Å². The SMILES string of the molecule is CCNCCOc1ccc(Oc2c(-c3ccc(S(C)(=O)=O)cc3)ccc3cc(-c4ccccc4O)ccc23)cc1. The highest BCUT2D eigenvalue weighted by atomic mass is 32.2. The van der Waals surface area contributed by atoms with E-state index >= 15 is 0 Å². The van der Waals surface area contributed by atoms with Crippen LogP contribution in [-0.4, -0.2) is 39.5 Å². The monoisotopic (exact) mass is 553 g/mol. The van der Waals surface area contributed by atoms with Gasteiger partial charge in [0.1, 0.15) is 29.6 Å². The van der Waals surface area contributed by atoms with Crippen molar-refractivity contribution in [3.63, 3.8) is 0 Å². The number of phenolic OH excluding ortho intramolecular Hbond substituents is 1. The first-order valence-corrected chi connectivity index (χ1v) is 15.0. The molecule has 204 valence electrons. The number of ether oxygens (including phenoxy) is 2. The third-order valence-electron chi connectivity index (χ3n) is 6.62. The van der Waals surface area contributed by atoms with E-state index in [1.165, 1.54) is 6.26 Å². The maximum Gasteiger partial charge on any atom is 0.175 e. The van der Waals surface area contributed by atoms with Gasteiger partial charge in [-0.15, -0.1) is 0 Å². The summed E-state index contributed by atoms with van der Waals surface area (Å²) in [6.45, 7) is 4.30. The van der Waals surface area contributed by atoms with Crippen LogP contribution in [0.5, 0.6) is 23.0 Å². The fraction of sp³-hybridized carbons (Fsp3) is 0.152. The number of fused-ring (bicyclic) bond motifs is 1. The largest absolute Gasteiger partial charge is 0.507 e. The fourth-order valence-electron chi connectivity index (χ4n) is 4.55. The van der Waals surface area contributed by atoms with E-state index in [0.717, 1.165) is 51.9 Å². The van der Waals surface area contributed by atoms with E-state index in [9.17, 15) is 13.5 Å². The predicted molar refractivity (Wildman–Crippen MR) is 160 cm³/mol. The third kappa shape index (κ3) is 6.11. The van der Waals surface area contributed by atoms with Crippen LogP contribution in [0.25, 0.3) is 33.0 Å². The molecule has 0 spiro atoms. The summed E-state index contributed by atoms with van der Waals surface area (Å²) < 4.78 is 36.3. The van der Waals surface area contributed by atoms with E-state index in [1.807, 2.05) is 66.7 Å². The molecule has 0 saturated heterocycles. The molecular formula is C33H31NO5S. The third-order valence-corrected chi connectivity index (χ3v) is 7.75. The van der Waals surface area contributed by atoms with Gasteiger partial charge in [0.25, 0.3) is 0 Å². The fourth-order valence-corrected chi connectivity index (χ4v) is 5.18. The average molecular weight is 554 g/mol. The Kier molecular flexibility index (Phi) is 8.05. The van der Waals surface area contributed by atoms with E-state index in [2.05, 4.69) is 12.2 Å². The Morgan fingerprint density at radius 2 is 1.48 bits per heavy atom. The van der Waals surface area contributed by atoms with Crippen LogP contribution in [0.2, 0.25) is 0 Å². The predicted octanol–water partition coefficient (Wildman–Crippen LogP) is 7.06. The van der Waals surface area contributed by atoms with Crippen molar-refractivity contribution in [1.82, 2.24) is 5.32 Å². The zero-order valence-electron chi connectivity index (χ0n) is 22.4. The summed E-state index contributed by atoms with van der Waals surface area (Å²) in [7, 11) is -3.31. The number of sulfone groups is 1. The van der Waals surface area contributed by atoms with E-state index in [-0.39, 0.29) is 10.6 Å². The van der Waals surface area contributed by atoms with Crippen molar-refractivity contribution in [2.75, 3.05) is 26.0 Å². The molecule has 0 bridgehead atoms. The van der Waals surface area contributed by atoms with Crippen LogP contribution in [0.4, 0.5) is 0 Å². The highest BCUT2D eigenvalue weighted by molar-refractivity contribution is 7.90. The normalized spacial score (nSPS) is 11.4. The molecule has 6 nitrogen and oxygen atoms in total. The molecule has 0 aromatic heterocycles.